The Morgan fingerprint density at radius 1 is 1.19 bits per heavy atom. The van der Waals surface area contributed by atoms with Crippen molar-refractivity contribution in [2.45, 2.75) is 58.6 Å². The van der Waals surface area contributed by atoms with Gasteiger partial charge in [0.1, 0.15) is 17.6 Å². The zero-order chi connectivity index (χ0) is 15.3. The minimum atomic E-state index is 0.244. The van der Waals surface area contributed by atoms with Crippen LogP contribution in [-0.2, 0) is 0 Å². The van der Waals surface area contributed by atoms with Crippen LogP contribution in [0.15, 0.2) is 24.3 Å². The minimum Gasteiger partial charge on any atom is -0.497 e. The Morgan fingerprint density at radius 3 is 2.48 bits per heavy atom. The van der Waals surface area contributed by atoms with Gasteiger partial charge in [0.05, 0.1) is 7.11 Å². The van der Waals surface area contributed by atoms with E-state index in [9.17, 15) is 0 Å². The van der Waals surface area contributed by atoms with Crippen molar-refractivity contribution in [1.29, 1.82) is 0 Å². The van der Waals surface area contributed by atoms with Gasteiger partial charge in [-0.15, -0.1) is 0 Å². The fourth-order valence-electron chi connectivity index (χ4n) is 3.25. The predicted octanol–water partition coefficient (Wildman–Crippen LogP) is 4.02. The molecule has 0 bridgehead atoms. The van der Waals surface area contributed by atoms with E-state index in [4.69, 9.17) is 9.47 Å². The summed E-state index contributed by atoms with van der Waals surface area (Å²) in [5.74, 6) is 1.80. The Morgan fingerprint density at radius 2 is 1.86 bits per heavy atom. The molecule has 1 saturated carbocycles. The van der Waals surface area contributed by atoms with Crippen LogP contribution in [0.3, 0.4) is 0 Å². The molecule has 1 aliphatic rings. The smallest absolute Gasteiger partial charge is 0.120 e. The highest BCUT2D eigenvalue weighted by Crippen LogP contribution is 2.37. The summed E-state index contributed by atoms with van der Waals surface area (Å²) in [7, 11) is 1.68. The maximum absolute atomic E-state index is 6.28. The molecule has 3 heteroatoms. The normalized spacial score (nSPS) is 24.6. The van der Waals surface area contributed by atoms with Crippen molar-refractivity contribution in [2.24, 2.45) is 5.41 Å². The number of benzene rings is 1. The highest BCUT2D eigenvalue weighted by Gasteiger charge is 2.39. The van der Waals surface area contributed by atoms with E-state index in [1.165, 1.54) is 12.8 Å². The predicted molar refractivity (Wildman–Crippen MR) is 87.1 cm³/mol. The van der Waals surface area contributed by atoms with Crippen LogP contribution in [0.25, 0.3) is 0 Å². The van der Waals surface area contributed by atoms with Crippen LogP contribution in [0.4, 0.5) is 0 Å². The van der Waals surface area contributed by atoms with E-state index in [2.05, 4.69) is 26.1 Å². The Hall–Kier alpha value is -1.22. The highest BCUT2D eigenvalue weighted by molar-refractivity contribution is 5.31. The van der Waals surface area contributed by atoms with Crippen LogP contribution >= 0.6 is 0 Å². The summed E-state index contributed by atoms with van der Waals surface area (Å²) in [6.07, 6.45) is 5.02. The molecule has 1 fully saturated rings. The topological polar surface area (TPSA) is 30.5 Å². The molecule has 1 aromatic carbocycles. The summed E-state index contributed by atoms with van der Waals surface area (Å²) >= 11 is 0. The first-order chi connectivity index (χ1) is 10.1. The van der Waals surface area contributed by atoms with Crippen LogP contribution in [0.1, 0.15) is 46.5 Å². The molecule has 1 N–H and O–H groups in total. The fourth-order valence-corrected chi connectivity index (χ4v) is 3.25. The van der Waals surface area contributed by atoms with Gasteiger partial charge in [0, 0.05) is 6.04 Å². The molecule has 0 heterocycles. The van der Waals surface area contributed by atoms with Crippen molar-refractivity contribution in [3.63, 3.8) is 0 Å². The molecule has 0 radical (unpaired) electrons. The Bertz CT molecular complexity index is 427. The van der Waals surface area contributed by atoms with Crippen LogP contribution < -0.4 is 14.8 Å². The van der Waals surface area contributed by atoms with Gasteiger partial charge in [0.15, 0.2) is 0 Å². The third-order valence-corrected chi connectivity index (χ3v) is 4.48. The maximum atomic E-state index is 6.28. The van der Waals surface area contributed by atoms with E-state index in [0.29, 0.717) is 6.04 Å². The van der Waals surface area contributed by atoms with Gasteiger partial charge in [-0.3, -0.25) is 0 Å². The van der Waals surface area contributed by atoms with E-state index >= 15 is 0 Å². The first-order valence-electron chi connectivity index (χ1n) is 8.11. The fraction of sp³-hybridized carbons (Fsp3) is 0.667. The summed E-state index contributed by atoms with van der Waals surface area (Å²) in [6.45, 7) is 7.96. The van der Waals surface area contributed by atoms with Gasteiger partial charge >= 0.3 is 0 Å². The van der Waals surface area contributed by atoms with Crippen molar-refractivity contribution in [3.8, 4) is 11.5 Å². The van der Waals surface area contributed by atoms with Crippen molar-refractivity contribution in [1.82, 2.24) is 5.32 Å². The third-order valence-electron chi connectivity index (χ3n) is 4.48. The first kappa shape index (κ1) is 16.2. The highest BCUT2D eigenvalue weighted by atomic mass is 16.5. The molecule has 118 valence electrons. The zero-order valence-corrected chi connectivity index (χ0v) is 13.8. The lowest BCUT2D eigenvalue weighted by Gasteiger charge is -2.44. The Kier molecular flexibility index (Phi) is 5.51. The Labute approximate surface area is 129 Å². The maximum Gasteiger partial charge on any atom is 0.120 e. The number of hydrogen-bond acceptors (Lipinski definition) is 3. The minimum absolute atomic E-state index is 0.244. The molecule has 1 aromatic rings. The molecule has 0 aromatic heterocycles. The number of ether oxygens (including phenoxy) is 2. The van der Waals surface area contributed by atoms with Gasteiger partial charge in [-0.05, 0) is 61.9 Å². The van der Waals surface area contributed by atoms with E-state index in [-0.39, 0.29) is 11.5 Å². The standard InChI is InChI=1S/C18H29NO2/c1-5-13-19-17-16(7-6-12-18(17,2)3)21-15-10-8-14(20-4)9-11-15/h8-11,16-17,19H,5-7,12-13H2,1-4H3. The van der Waals surface area contributed by atoms with Crippen LogP contribution in [0.2, 0.25) is 0 Å². The number of methoxy groups -OCH3 is 1. The van der Waals surface area contributed by atoms with Crippen molar-refractivity contribution < 1.29 is 9.47 Å². The lowest BCUT2D eigenvalue weighted by atomic mass is 9.71. The van der Waals surface area contributed by atoms with E-state index in [0.717, 1.165) is 30.9 Å². The monoisotopic (exact) mass is 291 g/mol. The van der Waals surface area contributed by atoms with E-state index in [1.54, 1.807) is 7.11 Å². The number of rotatable bonds is 6. The van der Waals surface area contributed by atoms with Crippen molar-refractivity contribution in [2.75, 3.05) is 13.7 Å². The van der Waals surface area contributed by atoms with Gasteiger partial charge < -0.3 is 14.8 Å². The lowest BCUT2D eigenvalue weighted by molar-refractivity contribution is 0.0364. The summed E-state index contributed by atoms with van der Waals surface area (Å²) in [5, 5.41) is 3.70. The average Bonchev–Trinajstić information content (AvgIpc) is 2.47. The second-order valence-electron chi connectivity index (χ2n) is 6.64. The summed E-state index contributed by atoms with van der Waals surface area (Å²) in [6, 6.07) is 8.32. The zero-order valence-electron chi connectivity index (χ0n) is 13.8. The van der Waals surface area contributed by atoms with Gasteiger partial charge in [-0.1, -0.05) is 20.8 Å². The molecule has 0 spiro atoms. The van der Waals surface area contributed by atoms with Gasteiger partial charge in [0.2, 0.25) is 0 Å². The molecular formula is C18H29NO2. The van der Waals surface area contributed by atoms with Crippen LogP contribution in [-0.4, -0.2) is 25.8 Å². The van der Waals surface area contributed by atoms with Gasteiger partial charge in [-0.2, -0.15) is 0 Å². The quantitative estimate of drug-likeness (QED) is 0.858. The molecule has 0 amide bonds. The summed E-state index contributed by atoms with van der Waals surface area (Å²) < 4.78 is 11.5. The van der Waals surface area contributed by atoms with Crippen molar-refractivity contribution >= 4 is 0 Å². The lowest BCUT2D eigenvalue weighted by Crippen LogP contribution is -2.54. The molecule has 1 aliphatic carbocycles. The second kappa shape index (κ2) is 7.17. The second-order valence-corrected chi connectivity index (χ2v) is 6.64. The molecule has 3 nitrogen and oxygen atoms in total. The van der Waals surface area contributed by atoms with E-state index < -0.39 is 0 Å². The summed E-state index contributed by atoms with van der Waals surface area (Å²) in [4.78, 5) is 0. The largest absolute Gasteiger partial charge is 0.497 e. The molecule has 2 unspecified atom stereocenters. The summed E-state index contributed by atoms with van der Waals surface area (Å²) in [5.41, 5.74) is 0.282. The molecule has 0 saturated heterocycles. The van der Waals surface area contributed by atoms with Crippen LogP contribution in [0.5, 0.6) is 11.5 Å². The molecular weight excluding hydrogens is 262 g/mol. The number of nitrogens with one attached hydrogen (secondary N) is 1. The molecule has 0 aliphatic heterocycles. The number of hydrogen-bond donors (Lipinski definition) is 1. The third kappa shape index (κ3) is 4.13. The SMILES string of the molecule is CCCNC1C(Oc2ccc(OC)cc2)CCCC1(C)C. The Balaban J connectivity index is 2.07. The van der Waals surface area contributed by atoms with E-state index in [1.807, 2.05) is 24.3 Å². The molecule has 21 heavy (non-hydrogen) atoms. The molecule has 2 rings (SSSR count). The van der Waals surface area contributed by atoms with Gasteiger partial charge in [0.25, 0.3) is 0 Å². The van der Waals surface area contributed by atoms with Crippen LogP contribution in [0, 0.1) is 5.41 Å². The average molecular weight is 291 g/mol. The first-order valence-corrected chi connectivity index (χ1v) is 8.11. The molecule has 2 atom stereocenters. The van der Waals surface area contributed by atoms with Gasteiger partial charge in [-0.25, -0.2) is 0 Å². The van der Waals surface area contributed by atoms with Crippen molar-refractivity contribution in [3.05, 3.63) is 24.3 Å².